The lowest BCUT2D eigenvalue weighted by Crippen LogP contribution is -2.10. The zero-order valence-electron chi connectivity index (χ0n) is 11.3. The predicted molar refractivity (Wildman–Crippen MR) is 76.3 cm³/mol. The fourth-order valence-electron chi connectivity index (χ4n) is 2.03. The van der Waals surface area contributed by atoms with Crippen LogP contribution in [0.15, 0.2) is 36.1 Å². The Morgan fingerprint density at radius 3 is 3.00 bits per heavy atom. The molecule has 0 N–H and O–H groups in total. The van der Waals surface area contributed by atoms with Crippen molar-refractivity contribution in [2.24, 2.45) is 7.05 Å². The van der Waals surface area contributed by atoms with Gasteiger partial charge in [-0.2, -0.15) is 0 Å². The monoisotopic (exact) mass is 289 g/mol. The number of rotatable bonds is 5. The molecule has 0 spiro atoms. The molecule has 0 aromatic carbocycles. The molecule has 3 heterocycles. The topological polar surface area (TPSA) is 57.8 Å². The average molecular weight is 289 g/mol. The van der Waals surface area contributed by atoms with Crippen molar-refractivity contribution in [3.8, 4) is 11.5 Å². The van der Waals surface area contributed by atoms with E-state index < -0.39 is 0 Å². The van der Waals surface area contributed by atoms with E-state index in [-0.39, 0.29) is 6.10 Å². The van der Waals surface area contributed by atoms with Crippen LogP contribution in [0.25, 0.3) is 11.5 Å². The Hall–Kier alpha value is -1.99. The van der Waals surface area contributed by atoms with Gasteiger partial charge in [-0.1, -0.05) is 11.3 Å². The van der Waals surface area contributed by atoms with E-state index in [0.29, 0.717) is 6.54 Å². The molecule has 0 bridgehead atoms. The normalized spacial score (nSPS) is 12.7. The summed E-state index contributed by atoms with van der Waals surface area (Å²) in [4.78, 5) is 5.45. The Bertz CT molecular complexity index is 673. The maximum absolute atomic E-state index is 5.52. The highest BCUT2D eigenvalue weighted by molar-refractivity contribution is 7.10. The number of aryl methyl sites for hydroxylation is 1. The first-order chi connectivity index (χ1) is 9.78. The Kier molecular flexibility index (Phi) is 3.62. The predicted octanol–water partition coefficient (Wildman–Crippen LogP) is 2.13. The number of aromatic nitrogens is 5. The number of nitrogens with zero attached hydrogens (tertiary/aromatic N) is 5. The van der Waals surface area contributed by atoms with Crippen LogP contribution in [0.2, 0.25) is 0 Å². The smallest absolute Gasteiger partial charge is 0.161 e. The minimum absolute atomic E-state index is 0.00841. The maximum atomic E-state index is 5.52. The summed E-state index contributed by atoms with van der Waals surface area (Å²) in [6.07, 6.45) is 5.52. The Balaban J connectivity index is 1.79. The van der Waals surface area contributed by atoms with Crippen LogP contribution in [0.5, 0.6) is 0 Å². The second kappa shape index (κ2) is 5.56. The first-order valence-corrected chi connectivity index (χ1v) is 7.10. The highest BCUT2D eigenvalue weighted by Crippen LogP contribution is 2.23. The number of ether oxygens (including phenoxy) is 1. The Morgan fingerprint density at radius 2 is 2.35 bits per heavy atom. The quantitative estimate of drug-likeness (QED) is 0.722. The third kappa shape index (κ3) is 2.50. The SMILES string of the molecule is COC(Cn1cc(-c2nccn2C)nn1)c1cccs1. The van der Waals surface area contributed by atoms with Crippen molar-refractivity contribution in [3.05, 3.63) is 41.0 Å². The van der Waals surface area contributed by atoms with Gasteiger partial charge in [-0.05, 0) is 11.4 Å². The molecular formula is C13H15N5OS. The fourth-order valence-corrected chi connectivity index (χ4v) is 2.82. The first kappa shape index (κ1) is 13.0. The van der Waals surface area contributed by atoms with Gasteiger partial charge < -0.3 is 9.30 Å². The van der Waals surface area contributed by atoms with Crippen LogP contribution < -0.4 is 0 Å². The molecule has 0 aliphatic heterocycles. The van der Waals surface area contributed by atoms with E-state index in [4.69, 9.17) is 4.74 Å². The molecule has 0 aliphatic carbocycles. The molecule has 0 radical (unpaired) electrons. The molecule has 0 aliphatic rings. The van der Waals surface area contributed by atoms with Gasteiger partial charge in [-0.25, -0.2) is 9.67 Å². The average Bonchev–Trinajstić information content (AvgIpc) is 3.16. The lowest BCUT2D eigenvalue weighted by atomic mass is 10.3. The van der Waals surface area contributed by atoms with Gasteiger partial charge in [-0.3, -0.25) is 0 Å². The molecular weight excluding hydrogens is 274 g/mol. The second-order valence-corrected chi connectivity index (χ2v) is 5.41. The van der Waals surface area contributed by atoms with Gasteiger partial charge >= 0.3 is 0 Å². The van der Waals surface area contributed by atoms with E-state index in [9.17, 15) is 0 Å². The van der Waals surface area contributed by atoms with Gasteiger partial charge in [-0.15, -0.1) is 16.4 Å². The zero-order valence-corrected chi connectivity index (χ0v) is 12.1. The number of imidazole rings is 1. The first-order valence-electron chi connectivity index (χ1n) is 6.22. The van der Waals surface area contributed by atoms with Crippen LogP contribution in [-0.2, 0) is 18.3 Å². The van der Waals surface area contributed by atoms with Crippen molar-refractivity contribution >= 4 is 11.3 Å². The van der Waals surface area contributed by atoms with Crippen LogP contribution in [0.1, 0.15) is 11.0 Å². The van der Waals surface area contributed by atoms with E-state index in [1.54, 1.807) is 29.3 Å². The highest BCUT2D eigenvalue weighted by Gasteiger charge is 2.15. The molecule has 3 rings (SSSR count). The van der Waals surface area contributed by atoms with Crippen molar-refractivity contribution in [3.63, 3.8) is 0 Å². The van der Waals surface area contributed by atoms with Crippen molar-refractivity contribution in [1.29, 1.82) is 0 Å². The zero-order chi connectivity index (χ0) is 13.9. The van der Waals surface area contributed by atoms with Gasteiger partial charge in [0.2, 0.25) is 0 Å². The van der Waals surface area contributed by atoms with Crippen LogP contribution >= 0.6 is 11.3 Å². The third-order valence-electron chi connectivity index (χ3n) is 3.09. The Morgan fingerprint density at radius 1 is 1.45 bits per heavy atom. The van der Waals surface area contributed by atoms with Gasteiger partial charge in [0.05, 0.1) is 12.7 Å². The molecule has 20 heavy (non-hydrogen) atoms. The van der Waals surface area contributed by atoms with E-state index in [2.05, 4.69) is 21.4 Å². The molecule has 0 fully saturated rings. The number of hydrogen-bond acceptors (Lipinski definition) is 5. The minimum atomic E-state index is -0.00841. The third-order valence-corrected chi connectivity index (χ3v) is 4.05. The van der Waals surface area contributed by atoms with Gasteiger partial charge in [0.1, 0.15) is 11.8 Å². The number of methoxy groups -OCH3 is 1. The van der Waals surface area contributed by atoms with Crippen LogP contribution in [0, 0.1) is 0 Å². The van der Waals surface area contributed by atoms with Gasteiger partial charge in [0, 0.05) is 31.4 Å². The van der Waals surface area contributed by atoms with Crippen molar-refractivity contribution < 1.29 is 4.74 Å². The standard InChI is InChI=1S/C13H15N5OS/c1-17-6-5-14-13(17)10-8-18(16-15-10)9-11(19-2)12-4-3-7-20-12/h3-8,11H,9H2,1-2H3. The summed E-state index contributed by atoms with van der Waals surface area (Å²) in [6, 6.07) is 4.09. The lowest BCUT2D eigenvalue weighted by molar-refractivity contribution is 0.0869. The summed E-state index contributed by atoms with van der Waals surface area (Å²) >= 11 is 1.68. The summed E-state index contributed by atoms with van der Waals surface area (Å²) in [7, 11) is 3.64. The highest BCUT2D eigenvalue weighted by atomic mass is 32.1. The molecule has 1 unspecified atom stereocenters. The molecule has 0 saturated carbocycles. The van der Waals surface area contributed by atoms with Crippen molar-refractivity contribution in [2.75, 3.05) is 7.11 Å². The molecule has 3 aromatic heterocycles. The second-order valence-electron chi connectivity index (χ2n) is 4.43. The van der Waals surface area contributed by atoms with Gasteiger partial charge in [0.15, 0.2) is 5.82 Å². The Labute approximate surface area is 120 Å². The van der Waals surface area contributed by atoms with E-state index in [0.717, 1.165) is 11.5 Å². The van der Waals surface area contributed by atoms with Crippen LogP contribution in [0.4, 0.5) is 0 Å². The molecule has 3 aromatic rings. The lowest BCUT2D eigenvalue weighted by Gasteiger charge is -2.12. The summed E-state index contributed by atoms with van der Waals surface area (Å²) in [5.74, 6) is 0.807. The van der Waals surface area contributed by atoms with Crippen LogP contribution in [0.3, 0.4) is 0 Å². The maximum Gasteiger partial charge on any atom is 0.161 e. The summed E-state index contributed by atoms with van der Waals surface area (Å²) < 4.78 is 9.23. The van der Waals surface area contributed by atoms with Crippen molar-refractivity contribution in [2.45, 2.75) is 12.6 Å². The van der Waals surface area contributed by atoms with Gasteiger partial charge in [0.25, 0.3) is 0 Å². The molecule has 1 atom stereocenters. The number of hydrogen-bond donors (Lipinski definition) is 0. The van der Waals surface area contributed by atoms with Crippen LogP contribution in [-0.4, -0.2) is 31.7 Å². The van der Waals surface area contributed by atoms with E-state index in [1.165, 1.54) is 4.88 Å². The largest absolute Gasteiger partial charge is 0.374 e. The minimum Gasteiger partial charge on any atom is -0.374 e. The van der Waals surface area contributed by atoms with E-state index >= 15 is 0 Å². The molecule has 104 valence electrons. The summed E-state index contributed by atoms with van der Waals surface area (Å²) in [5, 5.41) is 10.4. The molecule has 0 saturated heterocycles. The molecule has 0 amide bonds. The van der Waals surface area contributed by atoms with E-state index in [1.807, 2.05) is 35.5 Å². The van der Waals surface area contributed by atoms with Crippen molar-refractivity contribution in [1.82, 2.24) is 24.5 Å². The fraction of sp³-hybridized carbons (Fsp3) is 0.308. The molecule has 6 nitrogen and oxygen atoms in total. The number of thiophene rings is 1. The summed E-state index contributed by atoms with van der Waals surface area (Å²) in [5.41, 5.74) is 0.763. The summed E-state index contributed by atoms with van der Waals surface area (Å²) in [6.45, 7) is 0.633. The molecule has 7 heteroatoms.